The predicted octanol–water partition coefficient (Wildman–Crippen LogP) is 0.819. The van der Waals surface area contributed by atoms with Crippen molar-refractivity contribution in [3.63, 3.8) is 0 Å². The summed E-state index contributed by atoms with van der Waals surface area (Å²) in [5.41, 5.74) is 0.505. The molecule has 0 heterocycles. The molecule has 0 saturated carbocycles. The molecule has 1 aromatic rings. The number of hydrogen-bond acceptors (Lipinski definition) is 3. The topological polar surface area (TPSA) is 52.8 Å². The number of oxime groups is 1. The molecular formula is C7H7NO2Pb. The van der Waals surface area contributed by atoms with Crippen LogP contribution in [0.2, 0.25) is 0 Å². The molecule has 1 rings (SSSR count). The van der Waals surface area contributed by atoms with Gasteiger partial charge in [-0.2, -0.15) is 0 Å². The van der Waals surface area contributed by atoms with E-state index in [9.17, 15) is 0 Å². The van der Waals surface area contributed by atoms with E-state index in [0.717, 1.165) is 0 Å². The first kappa shape index (κ1) is 10.4. The third-order valence-electron chi connectivity index (χ3n) is 1.13. The molecule has 0 unspecified atom stereocenters. The largest absolute Gasteiger partial charge is 0.507 e. The summed E-state index contributed by atoms with van der Waals surface area (Å²) in [6.45, 7) is 0. The Kier molecular flexibility index (Phi) is 4.84. The van der Waals surface area contributed by atoms with E-state index < -0.39 is 0 Å². The number of aromatic hydroxyl groups is 1. The number of phenolic OH excluding ortho intramolecular Hbond substituents is 1. The Morgan fingerprint density at radius 3 is 2.45 bits per heavy atom. The molecule has 0 atom stereocenters. The maximum absolute atomic E-state index is 9.04. The summed E-state index contributed by atoms with van der Waals surface area (Å²) in [5, 5.41) is 19.9. The van der Waals surface area contributed by atoms with Crippen LogP contribution in [0.5, 0.6) is 5.75 Å². The fourth-order valence-corrected chi connectivity index (χ4v) is 0.659. The second kappa shape index (κ2) is 5.11. The van der Waals surface area contributed by atoms with Crippen LogP contribution < -0.4 is 0 Å². The average Bonchev–Trinajstić information content (AvgIpc) is 1.94. The molecule has 3 nitrogen and oxygen atoms in total. The molecule has 0 fully saturated rings. The molecule has 0 saturated heterocycles. The van der Waals surface area contributed by atoms with Crippen LogP contribution in [0.15, 0.2) is 29.4 Å². The first-order valence-corrected chi connectivity index (χ1v) is 2.80. The van der Waals surface area contributed by atoms with Gasteiger partial charge in [-0.25, -0.2) is 0 Å². The van der Waals surface area contributed by atoms with Gasteiger partial charge < -0.3 is 10.3 Å². The smallest absolute Gasteiger partial charge is 0.124 e. The third-order valence-corrected chi connectivity index (χ3v) is 1.13. The van der Waals surface area contributed by atoms with Gasteiger partial charge in [0.15, 0.2) is 0 Å². The van der Waals surface area contributed by atoms with E-state index in [-0.39, 0.29) is 33.0 Å². The number of rotatable bonds is 1. The third kappa shape index (κ3) is 2.87. The van der Waals surface area contributed by atoms with Gasteiger partial charge in [0, 0.05) is 32.9 Å². The number of benzene rings is 1. The molecule has 0 bridgehead atoms. The van der Waals surface area contributed by atoms with E-state index >= 15 is 0 Å². The molecule has 0 aliphatic rings. The van der Waals surface area contributed by atoms with Crippen molar-refractivity contribution in [1.82, 2.24) is 0 Å². The Hall–Kier alpha value is -0.588. The predicted molar refractivity (Wildman–Crippen MR) is 43.2 cm³/mol. The molecule has 0 spiro atoms. The molecule has 4 heteroatoms. The molecule has 0 amide bonds. The molecule has 0 aliphatic heterocycles. The van der Waals surface area contributed by atoms with Crippen molar-refractivity contribution < 1.29 is 10.3 Å². The first-order valence-electron chi connectivity index (χ1n) is 2.80. The molecule has 0 aromatic heterocycles. The van der Waals surface area contributed by atoms with Crippen molar-refractivity contribution in [1.29, 1.82) is 0 Å². The van der Waals surface area contributed by atoms with Crippen molar-refractivity contribution in [3.05, 3.63) is 29.8 Å². The van der Waals surface area contributed by atoms with E-state index in [1.165, 1.54) is 12.3 Å². The van der Waals surface area contributed by atoms with E-state index in [2.05, 4.69) is 5.16 Å². The Morgan fingerprint density at radius 2 is 1.91 bits per heavy atom. The van der Waals surface area contributed by atoms with Crippen molar-refractivity contribution in [2.75, 3.05) is 0 Å². The first-order chi connectivity index (χ1) is 4.84. The molecule has 2 N–H and O–H groups in total. The van der Waals surface area contributed by atoms with Gasteiger partial charge in [0.05, 0.1) is 6.21 Å². The molecule has 0 aliphatic carbocycles. The zero-order valence-electron chi connectivity index (χ0n) is 5.73. The van der Waals surface area contributed by atoms with Crippen LogP contribution in [0.3, 0.4) is 0 Å². The van der Waals surface area contributed by atoms with Gasteiger partial charge in [0.25, 0.3) is 0 Å². The van der Waals surface area contributed by atoms with Crippen LogP contribution in [0.25, 0.3) is 0 Å². The van der Waals surface area contributed by atoms with E-state index in [1.54, 1.807) is 18.2 Å². The minimum Gasteiger partial charge on any atom is -0.507 e. The zero-order chi connectivity index (χ0) is 7.40. The van der Waals surface area contributed by atoms with Gasteiger partial charge in [0.2, 0.25) is 0 Å². The fourth-order valence-electron chi connectivity index (χ4n) is 0.659. The molecule has 56 valence electrons. The molecule has 4 radical (unpaired) electrons. The summed E-state index contributed by atoms with van der Waals surface area (Å²) in [7, 11) is 0. The standard InChI is InChI=1S/C7H7NO2.Pb/c9-7-4-2-1-3-6(7)5-8-10;/h1-5,9-10H;/b8-5-;. The van der Waals surface area contributed by atoms with Gasteiger partial charge in [-0.3, -0.25) is 0 Å². The summed E-state index contributed by atoms with van der Waals surface area (Å²) >= 11 is 0. The molecular weight excluding hydrogens is 337 g/mol. The summed E-state index contributed by atoms with van der Waals surface area (Å²) in [6, 6.07) is 6.62. The Labute approximate surface area is 84.5 Å². The summed E-state index contributed by atoms with van der Waals surface area (Å²) in [4.78, 5) is 0. The van der Waals surface area contributed by atoms with E-state index in [4.69, 9.17) is 10.3 Å². The average molecular weight is 344 g/mol. The Balaban J connectivity index is 0.000001000. The van der Waals surface area contributed by atoms with Crippen LogP contribution in [0.4, 0.5) is 0 Å². The van der Waals surface area contributed by atoms with Crippen molar-refractivity contribution in [2.24, 2.45) is 5.16 Å². The summed E-state index contributed by atoms with van der Waals surface area (Å²) < 4.78 is 0. The normalized spacial score (nSPS) is 9.45. The summed E-state index contributed by atoms with van der Waals surface area (Å²) in [6.07, 6.45) is 1.18. The molecule has 1 aromatic carbocycles. The monoisotopic (exact) mass is 345 g/mol. The number of hydrogen-bond donors (Lipinski definition) is 2. The van der Waals surface area contributed by atoms with Crippen LogP contribution in [-0.2, 0) is 0 Å². The SMILES string of the molecule is O/N=C\c1ccccc1O.[Pb]. The summed E-state index contributed by atoms with van der Waals surface area (Å²) in [5.74, 6) is 0.111. The van der Waals surface area contributed by atoms with Gasteiger partial charge in [0.1, 0.15) is 5.75 Å². The van der Waals surface area contributed by atoms with Gasteiger partial charge in [-0.1, -0.05) is 17.3 Å². The number of phenols is 1. The van der Waals surface area contributed by atoms with Gasteiger partial charge >= 0.3 is 0 Å². The quantitative estimate of drug-likeness (QED) is 0.343. The Bertz CT molecular complexity index is 250. The number of para-hydroxylation sites is 1. The van der Waals surface area contributed by atoms with Crippen LogP contribution in [-0.4, -0.2) is 43.8 Å². The van der Waals surface area contributed by atoms with Gasteiger partial charge in [-0.05, 0) is 12.1 Å². The Morgan fingerprint density at radius 1 is 1.27 bits per heavy atom. The van der Waals surface area contributed by atoms with Crippen molar-refractivity contribution >= 4 is 33.5 Å². The van der Waals surface area contributed by atoms with Crippen molar-refractivity contribution in [2.45, 2.75) is 0 Å². The van der Waals surface area contributed by atoms with E-state index in [0.29, 0.717) is 5.56 Å². The van der Waals surface area contributed by atoms with Crippen LogP contribution >= 0.6 is 0 Å². The van der Waals surface area contributed by atoms with Crippen molar-refractivity contribution in [3.8, 4) is 5.75 Å². The van der Waals surface area contributed by atoms with Crippen LogP contribution in [0.1, 0.15) is 5.56 Å². The zero-order valence-corrected chi connectivity index (χ0v) is 9.62. The maximum atomic E-state index is 9.04. The minimum atomic E-state index is 0. The maximum Gasteiger partial charge on any atom is 0.124 e. The second-order valence-corrected chi connectivity index (χ2v) is 1.80. The number of nitrogens with zero attached hydrogens (tertiary/aromatic N) is 1. The molecule has 11 heavy (non-hydrogen) atoms. The van der Waals surface area contributed by atoms with Gasteiger partial charge in [-0.15, -0.1) is 0 Å². The fraction of sp³-hybridized carbons (Fsp3) is 0. The van der Waals surface area contributed by atoms with E-state index in [1.807, 2.05) is 0 Å². The van der Waals surface area contributed by atoms with Crippen LogP contribution in [0, 0.1) is 0 Å². The minimum absolute atomic E-state index is 0. The second-order valence-electron chi connectivity index (χ2n) is 1.80.